The number of rotatable bonds is 5. The van der Waals surface area contributed by atoms with Crippen LogP contribution in [0, 0.1) is 0 Å². The highest BCUT2D eigenvalue weighted by Gasteiger charge is 2.11. The highest BCUT2D eigenvalue weighted by molar-refractivity contribution is 7.16. The number of nitrogens with one attached hydrogen (secondary N) is 1. The molecule has 25 heavy (non-hydrogen) atoms. The predicted octanol–water partition coefficient (Wildman–Crippen LogP) is 4.96. The standard InChI is InChI=1S/C18H16Cl2N2O2S/c1-2-22-15-8-6-11(10-16(15)25-18(22)24)21-17(23)9-7-12-13(19)4-3-5-14(12)20/h3-6,8,10H,2,7,9H2,1H3,(H,21,23). The van der Waals surface area contributed by atoms with Crippen LogP contribution < -0.4 is 10.2 Å². The van der Waals surface area contributed by atoms with Crippen molar-refractivity contribution in [2.45, 2.75) is 26.3 Å². The molecule has 3 rings (SSSR count). The van der Waals surface area contributed by atoms with E-state index in [9.17, 15) is 9.59 Å². The number of halogens is 2. The summed E-state index contributed by atoms with van der Waals surface area (Å²) in [7, 11) is 0. The second kappa shape index (κ2) is 7.60. The van der Waals surface area contributed by atoms with E-state index in [-0.39, 0.29) is 17.2 Å². The first-order valence-corrected chi connectivity index (χ1v) is 9.43. The Hall–Kier alpha value is -1.82. The number of hydrogen-bond acceptors (Lipinski definition) is 3. The van der Waals surface area contributed by atoms with Crippen LogP contribution in [-0.4, -0.2) is 10.5 Å². The van der Waals surface area contributed by atoms with Gasteiger partial charge in [0.2, 0.25) is 5.91 Å². The molecule has 1 N–H and O–H groups in total. The molecule has 0 aliphatic rings. The molecule has 0 saturated heterocycles. The molecule has 7 heteroatoms. The first-order chi connectivity index (χ1) is 12.0. The van der Waals surface area contributed by atoms with E-state index >= 15 is 0 Å². The molecule has 0 radical (unpaired) electrons. The lowest BCUT2D eigenvalue weighted by Gasteiger charge is -2.08. The number of thiazole rings is 1. The molecule has 0 aliphatic carbocycles. The molecule has 0 fully saturated rings. The van der Waals surface area contributed by atoms with Crippen LogP contribution in [0.4, 0.5) is 5.69 Å². The number of aryl methyl sites for hydroxylation is 1. The van der Waals surface area contributed by atoms with Crippen LogP contribution in [0.3, 0.4) is 0 Å². The number of benzene rings is 2. The van der Waals surface area contributed by atoms with E-state index in [2.05, 4.69) is 5.32 Å². The number of aromatic nitrogens is 1. The van der Waals surface area contributed by atoms with Gasteiger partial charge in [0.25, 0.3) is 0 Å². The predicted molar refractivity (Wildman–Crippen MR) is 105 cm³/mol. The van der Waals surface area contributed by atoms with Gasteiger partial charge in [0, 0.05) is 28.7 Å². The summed E-state index contributed by atoms with van der Waals surface area (Å²) in [6.07, 6.45) is 0.736. The highest BCUT2D eigenvalue weighted by Crippen LogP contribution is 2.26. The van der Waals surface area contributed by atoms with Crippen molar-refractivity contribution >= 4 is 56.3 Å². The summed E-state index contributed by atoms with van der Waals surface area (Å²) in [5, 5.41) is 3.99. The van der Waals surface area contributed by atoms with E-state index in [1.807, 2.05) is 19.1 Å². The molecule has 130 valence electrons. The summed E-state index contributed by atoms with van der Waals surface area (Å²) in [4.78, 5) is 24.1. The van der Waals surface area contributed by atoms with Gasteiger partial charge in [0.05, 0.1) is 10.2 Å². The van der Waals surface area contributed by atoms with Gasteiger partial charge >= 0.3 is 4.87 Å². The van der Waals surface area contributed by atoms with Crippen LogP contribution in [0.25, 0.3) is 10.2 Å². The maximum atomic E-state index is 12.2. The maximum Gasteiger partial charge on any atom is 0.308 e. The largest absolute Gasteiger partial charge is 0.326 e. The fourth-order valence-electron chi connectivity index (χ4n) is 2.68. The third kappa shape index (κ3) is 3.89. The Morgan fingerprint density at radius 3 is 2.60 bits per heavy atom. The van der Waals surface area contributed by atoms with Gasteiger partial charge in [-0.05, 0) is 49.2 Å². The molecular weight excluding hydrogens is 379 g/mol. The lowest BCUT2D eigenvalue weighted by atomic mass is 10.1. The molecule has 1 aromatic heterocycles. The first kappa shape index (κ1) is 18.0. The van der Waals surface area contributed by atoms with Crippen molar-refractivity contribution in [2.24, 2.45) is 0 Å². The Bertz CT molecular complexity index is 974. The Balaban J connectivity index is 1.71. The third-order valence-corrected chi connectivity index (χ3v) is 5.58. The van der Waals surface area contributed by atoms with Crippen LogP contribution in [-0.2, 0) is 17.8 Å². The van der Waals surface area contributed by atoms with Crippen molar-refractivity contribution in [1.82, 2.24) is 4.57 Å². The SMILES string of the molecule is CCn1c(=O)sc2cc(NC(=O)CCc3c(Cl)cccc3Cl)ccc21. The summed E-state index contributed by atoms with van der Waals surface area (Å²) in [5.74, 6) is -0.127. The van der Waals surface area contributed by atoms with E-state index in [0.29, 0.717) is 28.7 Å². The van der Waals surface area contributed by atoms with Crippen LogP contribution in [0.2, 0.25) is 10.0 Å². The minimum absolute atomic E-state index is 0.00865. The Kier molecular flexibility index (Phi) is 5.47. The first-order valence-electron chi connectivity index (χ1n) is 7.85. The second-order valence-corrected chi connectivity index (χ2v) is 7.35. The molecule has 0 spiro atoms. The number of nitrogens with zero attached hydrogens (tertiary/aromatic N) is 1. The number of hydrogen-bond donors (Lipinski definition) is 1. The number of fused-ring (bicyclic) bond motifs is 1. The van der Waals surface area contributed by atoms with Gasteiger partial charge in [-0.25, -0.2) is 0 Å². The minimum Gasteiger partial charge on any atom is -0.326 e. The molecule has 2 aromatic carbocycles. The van der Waals surface area contributed by atoms with Gasteiger partial charge in [0.1, 0.15) is 0 Å². The lowest BCUT2D eigenvalue weighted by Crippen LogP contribution is -2.12. The zero-order valence-corrected chi connectivity index (χ0v) is 15.8. The fourth-order valence-corrected chi connectivity index (χ4v) is 4.26. The van der Waals surface area contributed by atoms with Crippen LogP contribution in [0.1, 0.15) is 18.9 Å². The zero-order valence-electron chi connectivity index (χ0n) is 13.5. The number of amides is 1. The van der Waals surface area contributed by atoms with Gasteiger partial charge in [-0.15, -0.1) is 0 Å². The minimum atomic E-state index is -0.127. The molecule has 1 heterocycles. The number of carbonyl (C=O) groups excluding carboxylic acids is 1. The van der Waals surface area contributed by atoms with E-state index < -0.39 is 0 Å². The van der Waals surface area contributed by atoms with Crippen molar-refractivity contribution in [3.8, 4) is 0 Å². The van der Waals surface area contributed by atoms with Crippen molar-refractivity contribution < 1.29 is 4.79 Å². The lowest BCUT2D eigenvalue weighted by molar-refractivity contribution is -0.116. The molecule has 3 aromatic rings. The zero-order chi connectivity index (χ0) is 18.0. The summed E-state index contributed by atoms with van der Waals surface area (Å²) < 4.78 is 2.57. The molecular formula is C18H16Cl2N2O2S. The molecule has 1 amide bonds. The molecule has 4 nitrogen and oxygen atoms in total. The van der Waals surface area contributed by atoms with Crippen LogP contribution in [0.15, 0.2) is 41.2 Å². The summed E-state index contributed by atoms with van der Waals surface area (Å²) in [5.41, 5.74) is 2.33. The average Bonchev–Trinajstić information content (AvgIpc) is 2.88. The summed E-state index contributed by atoms with van der Waals surface area (Å²) in [6, 6.07) is 10.8. The Morgan fingerprint density at radius 1 is 1.20 bits per heavy atom. The second-order valence-electron chi connectivity index (χ2n) is 5.54. The molecule has 0 aliphatic heterocycles. The van der Waals surface area contributed by atoms with E-state index in [0.717, 1.165) is 15.8 Å². The van der Waals surface area contributed by atoms with Gasteiger partial charge in [-0.3, -0.25) is 14.2 Å². The number of anilines is 1. The topological polar surface area (TPSA) is 51.1 Å². The quantitative estimate of drug-likeness (QED) is 0.664. The van der Waals surface area contributed by atoms with E-state index in [4.69, 9.17) is 23.2 Å². The van der Waals surface area contributed by atoms with Crippen LogP contribution >= 0.6 is 34.5 Å². The monoisotopic (exact) mass is 394 g/mol. The Morgan fingerprint density at radius 2 is 1.92 bits per heavy atom. The molecule has 0 unspecified atom stereocenters. The molecule has 0 atom stereocenters. The van der Waals surface area contributed by atoms with Crippen molar-refractivity contribution in [1.29, 1.82) is 0 Å². The van der Waals surface area contributed by atoms with Gasteiger partial charge in [0.15, 0.2) is 0 Å². The van der Waals surface area contributed by atoms with Crippen molar-refractivity contribution in [3.63, 3.8) is 0 Å². The van der Waals surface area contributed by atoms with Crippen LogP contribution in [0.5, 0.6) is 0 Å². The molecule has 0 bridgehead atoms. The van der Waals surface area contributed by atoms with Gasteiger partial charge in [-0.2, -0.15) is 0 Å². The van der Waals surface area contributed by atoms with Gasteiger partial charge in [-0.1, -0.05) is 40.6 Å². The summed E-state index contributed by atoms with van der Waals surface area (Å²) >= 11 is 13.4. The summed E-state index contributed by atoms with van der Waals surface area (Å²) in [6.45, 7) is 2.56. The van der Waals surface area contributed by atoms with Crippen molar-refractivity contribution in [3.05, 3.63) is 61.7 Å². The van der Waals surface area contributed by atoms with Crippen molar-refractivity contribution in [2.75, 3.05) is 5.32 Å². The highest BCUT2D eigenvalue weighted by atomic mass is 35.5. The normalized spacial score (nSPS) is 11.0. The molecule has 0 saturated carbocycles. The Labute approximate surface area is 159 Å². The average molecular weight is 395 g/mol. The maximum absolute atomic E-state index is 12.2. The van der Waals surface area contributed by atoms with E-state index in [1.165, 1.54) is 11.3 Å². The van der Waals surface area contributed by atoms with Gasteiger partial charge < -0.3 is 5.32 Å². The third-order valence-electron chi connectivity index (χ3n) is 3.93. The van der Waals surface area contributed by atoms with E-state index in [1.54, 1.807) is 28.8 Å². The smallest absolute Gasteiger partial charge is 0.308 e. The number of carbonyl (C=O) groups is 1. The fraction of sp³-hybridized carbons (Fsp3) is 0.222.